The van der Waals surface area contributed by atoms with Crippen LogP contribution in [0, 0.1) is 23.2 Å². The minimum Gasteiger partial charge on any atom is -0.491 e. The number of thiazole rings is 1. The van der Waals surface area contributed by atoms with E-state index in [0.717, 1.165) is 50.5 Å². The summed E-state index contributed by atoms with van der Waals surface area (Å²) in [7, 11) is 1.71. The Hall–Kier alpha value is -6.38. The maximum atomic E-state index is 14.5. The number of likely N-dealkylation sites (N-methyl/N-ethyl adjacent to an activating group) is 1. The van der Waals surface area contributed by atoms with Crippen LogP contribution in [0.25, 0.3) is 0 Å². The van der Waals surface area contributed by atoms with Gasteiger partial charge in [-0.1, -0.05) is 68.7 Å². The van der Waals surface area contributed by atoms with Gasteiger partial charge in [0.15, 0.2) is 5.69 Å². The van der Waals surface area contributed by atoms with E-state index in [9.17, 15) is 32.8 Å². The van der Waals surface area contributed by atoms with Gasteiger partial charge in [0.05, 0.1) is 50.1 Å². The molecule has 4 fully saturated rings. The van der Waals surface area contributed by atoms with Gasteiger partial charge in [0.1, 0.15) is 29.1 Å². The number of hydrogen-bond acceptors (Lipinski definition) is 12. The number of carbonyl (C=O) groups is 5. The summed E-state index contributed by atoms with van der Waals surface area (Å²) >= 11 is 1.37. The molecule has 5 heterocycles. The average molecular weight is 1020 g/mol. The molecule has 73 heavy (non-hydrogen) atoms. The second-order valence-corrected chi connectivity index (χ2v) is 21.3. The smallest absolute Gasteiger partial charge is 0.276 e. The predicted molar refractivity (Wildman–Crippen MR) is 266 cm³/mol. The van der Waals surface area contributed by atoms with Gasteiger partial charge in [-0.25, -0.2) is 13.8 Å². The molecule has 10 rings (SSSR count). The zero-order valence-electron chi connectivity index (χ0n) is 41.1. The number of benzene rings is 2. The molecule has 5 atom stereocenters. The van der Waals surface area contributed by atoms with Gasteiger partial charge in [-0.05, 0) is 62.8 Å². The van der Waals surface area contributed by atoms with Gasteiger partial charge in [-0.15, -0.1) is 11.3 Å². The third-order valence-corrected chi connectivity index (χ3v) is 16.6. The van der Waals surface area contributed by atoms with E-state index in [1.165, 1.54) is 11.3 Å². The molecule has 4 amide bonds. The van der Waals surface area contributed by atoms with E-state index in [4.69, 9.17) is 14.5 Å². The number of aromatic amines is 1. The number of H-pyrrole nitrogens is 1. The van der Waals surface area contributed by atoms with Crippen LogP contribution in [0.3, 0.4) is 0 Å². The van der Waals surface area contributed by atoms with E-state index in [2.05, 4.69) is 31.2 Å². The number of fused-ring (bicyclic) bond motifs is 2. The normalized spacial score (nSPS) is 22.1. The number of nitrogens with zero attached hydrogens (tertiary/aromatic N) is 6. The molecule has 17 nitrogen and oxygen atoms in total. The van der Waals surface area contributed by atoms with Gasteiger partial charge in [-0.3, -0.25) is 33.8 Å². The lowest BCUT2D eigenvalue weighted by atomic mass is 9.83. The van der Waals surface area contributed by atoms with Crippen LogP contribution in [0.15, 0.2) is 72.4 Å². The largest absolute Gasteiger partial charge is 0.491 e. The molecule has 20 heteroatoms. The van der Waals surface area contributed by atoms with Crippen molar-refractivity contribution in [1.82, 2.24) is 45.4 Å². The van der Waals surface area contributed by atoms with E-state index < -0.39 is 29.2 Å². The molecule has 2 aromatic carbocycles. The molecule has 2 aliphatic heterocycles. The Morgan fingerprint density at radius 1 is 0.959 bits per heavy atom. The fraction of sp³-hybridized carbons (Fsp3) is 0.509. The Bertz CT molecular complexity index is 2830. The molecule has 5 aliphatic rings. The van der Waals surface area contributed by atoms with E-state index >= 15 is 0 Å². The van der Waals surface area contributed by atoms with Gasteiger partial charge in [0.2, 0.25) is 23.5 Å². The monoisotopic (exact) mass is 1020 g/mol. The summed E-state index contributed by atoms with van der Waals surface area (Å²) in [5, 5.41) is 22.8. The number of anilines is 1. The number of ketones is 1. The SMILES string of the molecule is CNCC(=O)NC(C(=O)N1CCCC1c1nc(C(=O)c2cccc(OCCOCCC(=O)N3CC(C(c4ccccc4)n4cc(NC(=O)c5n[nH]c6c5CC5C(F)(F)C5(C)C6)cn4)C3)c2)cs1)C1CCCCC1. The van der Waals surface area contributed by atoms with Crippen molar-refractivity contribution >= 4 is 46.4 Å². The van der Waals surface area contributed by atoms with Crippen LogP contribution in [0.2, 0.25) is 0 Å². The van der Waals surface area contributed by atoms with Crippen molar-refractivity contribution in [3.05, 3.63) is 111 Å². The number of amides is 4. The number of ether oxygens (including phenoxy) is 2. The summed E-state index contributed by atoms with van der Waals surface area (Å²) in [5.74, 6) is -4.00. The molecule has 3 aliphatic carbocycles. The first-order chi connectivity index (χ1) is 35.3. The minimum absolute atomic E-state index is 0.0371. The molecule has 2 saturated carbocycles. The van der Waals surface area contributed by atoms with Crippen LogP contribution in [0.1, 0.15) is 119 Å². The lowest BCUT2D eigenvalue weighted by Crippen LogP contribution is -2.53. The first-order valence-electron chi connectivity index (χ1n) is 25.5. The number of hydrogen-bond donors (Lipinski definition) is 4. The molecule has 0 bridgehead atoms. The summed E-state index contributed by atoms with van der Waals surface area (Å²) in [6, 6.07) is 15.7. The number of aromatic nitrogens is 5. The Balaban J connectivity index is 0.672. The Morgan fingerprint density at radius 2 is 1.77 bits per heavy atom. The highest BCUT2D eigenvalue weighted by atomic mass is 32.1. The molecule has 386 valence electrons. The Kier molecular flexibility index (Phi) is 14.6. The van der Waals surface area contributed by atoms with Crippen molar-refractivity contribution < 1.29 is 42.2 Å². The van der Waals surface area contributed by atoms with Crippen LogP contribution < -0.4 is 20.7 Å². The highest BCUT2D eigenvalue weighted by molar-refractivity contribution is 7.10. The number of nitrogens with one attached hydrogen (secondary N) is 4. The number of carbonyl (C=O) groups excluding carboxylic acids is 5. The van der Waals surface area contributed by atoms with Crippen molar-refractivity contribution in [1.29, 1.82) is 0 Å². The van der Waals surface area contributed by atoms with Gasteiger partial charge in [0, 0.05) is 71.7 Å². The summed E-state index contributed by atoms with van der Waals surface area (Å²) in [5.41, 5.74) is 2.30. The Labute approximate surface area is 426 Å². The minimum atomic E-state index is -2.77. The summed E-state index contributed by atoms with van der Waals surface area (Å²) in [4.78, 5) is 75.5. The van der Waals surface area contributed by atoms with E-state index in [0.29, 0.717) is 58.6 Å². The van der Waals surface area contributed by atoms with Crippen LogP contribution >= 0.6 is 11.3 Å². The second kappa shape index (κ2) is 21.2. The van der Waals surface area contributed by atoms with E-state index in [-0.39, 0.29) is 98.7 Å². The summed E-state index contributed by atoms with van der Waals surface area (Å²) in [6.07, 6.45) is 10.3. The highest BCUT2D eigenvalue weighted by Gasteiger charge is 2.78. The average Bonchev–Trinajstić information content (AvgIpc) is 4.15. The standard InChI is InChI=1S/C53H62F2N10O7S/c1-52-25-39-38(24-42(52)53(52,54)55)46(62-61-39)49(69)58-36-26-57-65(30-36)47(33-13-7-4-8-14-33)35-28-63(29-35)44(67)18-20-71-21-22-72-37-16-9-15-34(23-37)48(68)40-31-73-50(59-40)41-17-10-19-64(41)51(70)45(60-43(66)27-56-2)32-11-5-3-6-12-32/h4,7-9,13-16,23,26,30-32,35,41-42,45,47,56H,3,5-6,10-12,17-22,24-25,27-29H2,1-2H3,(H,58,69)(H,60,66)(H,61,62). The van der Waals surface area contributed by atoms with Gasteiger partial charge < -0.3 is 35.2 Å². The summed E-state index contributed by atoms with van der Waals surface area (Å²) < 4.78 is 42.5. The fourth-order valence-corrected chi connectivity index (χ4v) is 12.5. The molecule has 4 N–H and O–H groups in total. The summed E-state index contributed by atoms with van der Waals surface area (Å²) in [6.45, 7) is 3.94. The zero-order valence-corrected chi connectivity index (χ0v) is 41.9. The molecule has 5 aromatic rings. The van der Waals surface area contributed by atoms with Crippen LogP contribution in [0.5, 0.6) is 5.75 Å². The first-order valence-corrected chi connectivity index (χ1v) is 26.4. The highest BCUT2D eigenvalue weighted by Crippen LogP contribution is 2.70. The van der Waals surface area contributed by atoms with E-state index in [1.54, 1.807) is 65.6 Å². The third-order valence-electron chi connectivity index (χ3n) is 15.7. The number of rotatable bonds is 20. The molecule has 0 spiro atoms. The molecule has 3 aromatic heterocycles. The third kappa shape index (κ3) is 10.3. The van der Waals surface area contributed by atoms with Crippen molar-refractivity contribution in [2.75, 3.05) is 58.4 Å². The number of halogens is 2. The van der Waals surface area contributed by atoms with Gasteiger partial charge in [-0.2, -0.15) is 10.2 Å². The van der Waals surface area contributed by atoms with Crippen LogP contribution in [-0.2, 0) is 32.0 Å². The maximum absolute atomic E-state index is 14.5. The van der Waals surface area contributed by atoms with Gasteiger partial charge >= 0.3 is 0 Å². The van der Waals surface area contributed by atoms with Crippen molar-refractivity contribution in [3.63, 3.8) is 0 Å². The molecule has 2 saturated heterocycles. The van der Waals surface area contributed by atoms with Crippen molar-refractivity contribution in [2.45, 2.75) is 95.2 Å². The molecular formula is C53H62F2N10O7S. The Morgan fingerprint density at radius 3 is 2.56 bits per heavy atom. The van der Waals surface area contributed by atoms with Crippen molar-refractivity contribution in [3.8, 4) is 5.75 Å². The zero-order chi connectivity index (χ0) is 50.9. The first kappa shape index (κ1) is 50.2. The van der Waals surface area contributed by atoms with Crippen LogP contribution in [0.4, 0.5) is 14.5 Å². The van der Waals surface area contributed by atoms with Crippen LogP contribution in [-0.4, -0.2) is 129 Å². The second-order valence-electron chi connectivity index (χ2n) is 20.4. The molecular weight excluding hydrogens is 959 g/mol. The molecule has 0 radical (unpaired) electrons. The fourth-order valence-electron chi connectivity index (χ4n) is 11.5. The van der Waals surface area contributed by atoms with Crippen molar-refractivity contribution in [2.24, 2.45) is 23.2 Å². The molecule has 5 unspecified atom stereocenters. The number of likely N-dealkylation sites (tertiary alicyclic amines) is 2. The predicted octanol–water partition coefficient (Wildman–Crippen LogP) is 6.40. The lowest BCUT2D eigenvalue weighted by molar-refractivity contribution is -0.139. The van der Waals surface area contributed by atoms with Gasteiger partial charge in [0.25, 0.3) is 11.8 Å². The maximum Gasteiger partial charge on any atom is 0.276 e. The quantitative estimate of drug-likeness (QED) is 0.0496. The number of alkyl halides is 2. The lowest BCUT2D eigenvalue weighted by Gasteiger charge is -2.43. The van der Waals surface area contributed by atoms with E-state index in [1.807, 2.05) is 35.2 Å². The topological polar surface area (TPSA) is 206 Å².